The van der Waals surface area contributed by atoms with Crippen LogP contribution in [0.2, 0.25) is 0 Å². The van der Waals surface area contributed by atoms with Gasteiger partial charge in [-0.1, -0.05) is 18.9 Å². The Morgan fingerprint density at radius 3 is 2.58 bits per heavy atom. The zero-order chi connectivity index (χ0) is 38.2. The van der Waals surface area contributed by atoms with Gasteiger partial charge >= 0.3 is 5.69 Å². The van der Waals surface area contributed by atoms with Crippen LogP contribution in [0, 0.1) is 0 Å². The van der Waals surface area contributed by atoms with Gasteiger partial charge in [-0.2, -0.15) is 4.98 Å². The van der Waals surface area contributed by atoms with Crippen molar-refractivity contribution in [3.05, 3.63) is 65.0 Å². The lowest BCUT2D eigenvalue weighted by atomic mass is 9.91. The number of para-hydroxylation sites is 1. The van der Waals surface area contributed by atoms with Crippen LogP contribution in [0.4, 0.5) is 17.5 Å². The number of hydrogen-bond donors (Lipinski definition) is 2. The van der Waals surface area contributed by atoms with Crippen molar-refractivity contribution < 1.29 is 23.9 Å². The minimum atomic E-state index is -0.725. The molecule has 2 saturated carbocycles. The molecule has 3 aliphatic rings. The Morgan fingerprint density at radius 2 is 1.85 bits per heavy atom. The number of nitrogens with zero attached hydrogens (tertiary/aromatic N) is 7. The maximum absolute atomic E-state index is 13.4. The minimum Gasteiger partial charge on any atom is -0.489 e. The maximum Gasteiger partial charge on any atom is 0.329 e. The van der Waals surface area contributed by atoms with Crippen LogP contribution in [-0.2, 0) is 21.4 Å². The fourth-order valence-corrected chi connectivity index (χ4v) is 8.37. The molecule has 8 rings (SSSR count). The Labute approximate surface area is 318 Å². The molecule has 2 amide bonds. The van der Waals surface area contributed by atoms with Gasteiger partial charge in [0.1, 0.15) is 29.4 Å². The van der Waals surface area contributed by atoms with Crippen LogP contribution in [-0.4, -0.2) is 78.2 Å². The molecule has 4 aromatic heterocycles. The molecule has 2 aliphatic carbocycles. The number of benzene rings is 1. The normalized spacial score (nSPS) is 20.7. The van der Waals surface area contributed by atoms with Gasteiger partial charge in [-0.15, -0.1) is 0 Å². The first kappa shape index (κ1) is 36.4. The smallest absolute Gasteiger partial charge is 0.329 e. The van der Waals surface area contributed by atoms with E-state index < -0.39 is 11.9 Å². The summed E-state index contributed by atoms with van der Waals surface area (Å²) in [6, 6.07) is 10.9. The van der Waals surface area contributed by atoms with Gasteiger partial charge in [-0.25, -0.2) is 14.8 Å². The fraction of sp³-hybridized carbons (Fsp3) is 0.475. The number of carbonyl (C=O) groups excluding carboxylic acids is 3. The second kappa shape index (κ2) is 15.3. The van der Waals surface area contributed by atoms with E-state index in [0.29, 0.717) is 35.1 Å². The van der Waals surface area contributed by atoms with E-state index in [1.807, 2.05) is 36.4 Å². The van der Waals surface area contributed by atoms with Gasteiger partial charge in [0.25, 0.3) is 0 Å². The second-order valence-corrected chi connectivity index (χ2v) is 14.9. The van der Waals surface area contributed by atoms with Gasteiger partial charge in [0.15, 0.2) is 6.29 Å². The van der Waals surface area contributed by atoms with Gasteiger partial charge in [0.05, 0.1) is 40.8 Å². The van der Waals surface area contributed by atoms with Crippen molar-refractivity contribution in [3.8, 4) is 5.75 Å². The summed E-state index contributed by atoms with van der Waals surface area (Å²) in [4.78, 5) is 65.6. The standard InChI is InChI=1S/C40H47N9O6/c1-4-47(31-10-7-11-32-36(31)46(3)40(53)49(32)33-13-15-35(51)44-38(33)52)17-16-24(2)54-29-19-30(20-29)55-28-12-14-34(41-22-28)43-39-42-21-25-18-27(23-50)48(37(25)45-39)26-8-5-6-9-26/h7,10-12,14,18,21-24,26,29-30,33H,4-6,8-9,13,15-17,19-20H2,1-3H3,(H,44,51,52)(H,41,42,43,45). The van der Waals surface area contributed by atoms with E-state index >= 15 is 0 Å². The molecule has 1 aliphatic heterocycles. The number of fused-ring (bicyclic) bond motifs is 2. The number of aldehydes is 1. The van der Waals surface area contributed by atoms with Crippen molar-refractivity contribution in [3.63, 3.8) is 0 Å². The van der Waals surface area contributed by atoms with Gasteiger partial charge in [-0.3, -0.25) is 28.8 Å². The number of imide groups is 1. The van der Waals surface area contributed by atoms with Gasteiger partial charge in [-0.05, 0) is 69.9 Å². The molecule has 55 heavy (non-hydrogen) atoms. The predicted molar refractivity (Wildman–Crippen MR) is 207 cm³/mol. The Balaban J connectivity index is 0.830. The molecule has 1 saturated heterocycles. The average Bonchev–Trinajstić information content (AvgIpc) is 3.89. The molecule has 0 radical (unpaired) electrons. The largest absolute Gasteiger partial charge is 0.489 e. The van der Waals surface area contributed by atoms with Crippen LogP contribution in [0.3, 0.4) is 0 Å². The lowest BCUT2D eigenvalue weighted by Crippen LogP contribution is -2.44. The predicted octanol–water partition coefficient (Wildman–Crippen LogP) is 5.36. The first-order valence-corrected chi connectivity index (χ1v) is 19.4. The number of rotatable bonds is 14. The van der Waals surface area contributed by atoms with Crippen molar-refractivity contribution in [1.29, 1.82) is 0 Å². The number of imidazole rings is 1. The number of ether oxygens (including phenoxy) is 2. The average molecular weight is 750 g/mol. The van der Waals surface area contributed by atoms with E-state index in [4.69, 9.17) is 14.5 Å². The van der Waals surface area contributed by atoms with Gasteiger partial charge in [0.2, 0.25) is 17.8 Å². The monoisotopic (exact) mass is 749 g/mol. The molecule has 2 N–H and O–H groups in total. The molecule has 2 atom stereocenters. The summed E-state index contributed by atoms with van der Waals surface area (Å²) in [5, 5.41) is 6.41. The summed E-state index contributed by atoms with van der Waals surface area (Å²) in [5.41, 5.74) is 3.47. The van der Waals surface area contributed by atoms with Crippen molar-refractivity contribution in [2.24, 2.45) is 7.05 Å². The minimum absolute atomic E-state index is 0.00982. The highest BCUT2D eigenvalue weighted by molar-refractivity contribution is 6.00. The molecule has 5 heterocycles. The quantitative estimate of drug-likeness (QED) is 0.111. The zero-order valence-corrected chi connectivity index (χ0v) is 31.4. The van der Waals surface area contributed by atoms with Crippen LogP contribution < -0.4 is 26.0 Å². The number of hydrogen-bond acceptors (Lipinski definition) is 11. The van der Waals surface area contributed by atoms with Crippen molar-refractivity contribution >= 4 is 57.6 Å². The third kappa shape index (κ3) is 7.20. The van der Waals surface area contributed by atoms with Crippen molar-refractivity contribution in [1.82, 2.24) is 34.0 Å². The molecule has 5 aromatic rings. The Morgan fingerprint density at radius 1 is 1.04 bits per heavy atom. The number of nitrogens with one attached hydrogen (secondary N) is 2. The lowest BCUT2D eigenvalue weighted by Gasteiger charge is -2.37. The van der Waals surface area contributed by atoms with E-state index in [1.165, 1.54) is 4.57 Å². The number of amides is 2. The van der Waals surface area contributed by atoms with E-state index in [0.717, 1.165) is 86.6 Å². The summed E-state index contributed by atoms with van der Waals surface area (Å²) >= 11 is 0. The first-order valence-electron chi connectivity index (χ1n) is 19.4. The Bertz CT molecular complexity index is 2280. The lowest BCUT2D eigenvalue weighted by molar-refractivity contribution is -0.135. The number of piperidine rings is 1. The third-order valence-electron chi connectivity index (χ3n) is 11.3. The summed E-state index contributed by atoms with van der Waals surface area (Å²) in [5.74, 6) is 0.940. The van der Waals surface area contributed by atoms with E-state index in [9.17, 15) is 19.2 Å². The molecule has 3 fully saturated rings. The maximum atomic E-state index is 13.4. The highest BCUT2D eigenvalue weighted by atomic mass is 16.5. The molecular formula is C40H47N9O6. The first-order chi connectivity index (χ1) is 26.7. The number of aromatic nitrogens is 6. The summed E-state index contributed by atoms with van der Waals surface area (Å²) < 4.78 is 17.8. The highest BCUT2D eigenvalue weighted by Crippen LogP contribution is 2.35. The fourth-order valence-electron chi connectivity index (χ4n) is 8.37. The second-order valence-electron chi connectivity index (χ2n) is 14.9. The van der Waals surface area contributed by atoms with Crippen LogP contribution in [0.5, 0.6) is 5.75 Å². The molecule has 288 valence electrons. The number of pyridine rings is 1. The summed E-state index contributed by atoms with van der Waals surface area (Å²) in [7, 11) is 1.73. The van der Waals surface area contributed by atoms with Gasteiger partial charge < -0.3 is 24.3 Å². The topological polar surface area (TPSA) is 168 Å². The molecule has 0 spiro atoms. The number of anilines is 3. The van der Waals surface area contributed by atoms with Crippen LogP contribution in [0.15, 0.2) is 53.6 Å². The molecular weight excluding hydrogens is 702 g/mol. The summed E-state index contributed by atoms with van der Waals surface area (Å²) in [6.07, 6.45) is 11.7. The zero-order valence-electron chi connectivity index (χ0n) is 31.4. The van der Waals surface area contributed by atoms with E-state index in [-0.39, 0.29) is 42.4 Å². The third-order valence-corrected chi connectivity index (χ3v) is 11.3. The highest BCUT2D eigenvalue weighted by Gasteiger charge is 2.34. The van der Waals surface area contributed by atoms with Gasteiger partial charge in [0, 0.05) is 57.0 Å². The van der Waals surface area contributed by atoms with Crippen molar-refractivity contribution in [2.45, 2.75) is 102 Å². The van der Waals surface area contributed by atoms with Crippen LogP contribution in [0.25, 0.3) is 22.1 Å². The van der Waals surface area contributed by atoms with E-state index in [2.05, 4.69) is 43.9 Å². The molecule has 2 unspecified atom stereocenters. The molecule has 15 heteroatoms. The van der Waals surface area contributed by atoms with E-state index in [1.54, 1.807) is 24.0 Å². The Hall–Kier alpha value is -5.57. The van der Waals surface area contributed by atoms with Crippen LogP contribution >= 0.6 is 0 Å². The molecule has 0 bridgehead atoms. The molecule has 1 aromatic carbocycles. The SMILES string of the molecule is CCN(CCC(C)OC1CC(Oc2ccc(Nc3ncc4cc(C=O)n(C5CCCC5)c4n3)nc2)C1)c1cccc2c1n(C)c(=O)n2C1CCC(=O)NC1=O. The number of aryl methyl sites for hydroxylation is 1. The summed E-state index contributed by atoms with van der Waals surface area (Å²) in [6.45, 7) is 5.62. The number of carbonyl (C=O) groups is 3. The van der Waals surface area contributed by atoms with Crippen molar-refractivity contribution in [2.75, 3.05) is 23.3 Å². The molecule has 15 nitrogen and oxygen atoms in total. The van der Waals surface area contributed by atoms with Crippen LogP contribution in [0.1, 0.15) is 94.2 Å². The Kier molecular flexibility index (Phi) is 10.1.